The minimum absolute atomic E-state index is 0.462. The van der Waals surface area contributed by atoms with E-state index in [4.69, 9.17) is 9.41 Å². The van der Waals surface area contributed by atoms with E-state index in [0.29, 0.717) is 25.0 Å². The van der Waals surface area contributed by atoms with Gasteiger partial charge < -0.3 is 19.6 Å². The summed E-state index contributed by atoms with van der Waals surface area (Å²) in [6, 6.07) is 0.462. The molecule has 2 aromatic heterocycles. The summed E-state index contributed by atoms with van der Waals surface area (Å²) in [7, 11) is 1.96. The predicted octanol–water partition coefficient (Wildman–Crippen LogP) is 2.30. The molecule has 8 nitrogen and oxygen atoms in total. The van der Waals surface area contributed by atoms with Crippen LogP contribution >= 0.6 is 0 Å². The molecule has 1 saturated carbocycles. The van der Waals surface area contributed by atoms with Crippen LogP contribution < -0.4 is 10.6 Å². The first-order valence-electron chi connectivity index (χ1n) is 9.35. The lowest BCUT2D eigenvalue weighted by atomic mass is 9.96. The number of oxazole rings is 1. The molecule has 0 aromatic carbocycles. The molecule has 1 fully saturated rings. The van der Waals surface area contributed by atoms with Crippen molar-refractivity contribution in [1.82, 2.24) is 30.4 Å². The highest BCUT2D eigenvalue weighted by Crippen LogP contribution is 2.17. The maximum atomic E-state index is 5.66. The zero-order valence-electron chi connectivity index (χ0n) is 16.2. The molecule has 3 rings (SSSR count). The maximum absolute atomic E-state index is 5.66. The van der Waals surface area contributed by atoms with E-state index >= 15 is 0 Å². The monoisotopic (exact) mass is 359 g/mol. The SMILES string of the molecule is Cc1nc(CNC(=NCc2nnc(C)n2C)NC2CCCCC2)oc1C. The first-order valence-corrected chi connectivity index (χ1v) is 9.35. The Balaban J connectivity index is 1.67. The standard InChI is InChI=1S/C18H29N7O/c1-12-13(2)26-17(21-12)11-20-18(22-15-8-6-5-7-9-15)19-10-16-24-23-14(3)25(16)4/h15H,5-11H2,1-4H3,(H2,19,20,22). The van der Waals surface area contributed by atoms with Gasteiger partial charge in [0.15, 0.2) is 11.8 Å². The molecule has 1 aliphatic rings. The number of nitrogens with zero attached hydrogens (tertiary/aromatic N) is 5. The molecule has 2 heterocycles. The average Bonchev–Trinajstić information content (AvgIpc) is 3.13. The van der Waals surface area contributed by atoms with E-state index in [2.05, 4.69) is 25.8 Å². The molecule has 0 amide bonds. The van der Waals surface area contributed by atoms with E-state index < -0.39 is 0 Å². The smallest absolute Gasteiger partial charge is 0.214 e. The number of aryl methyl sites for hydroxylation is 3. The fourth-order valence-corrected chi connectivity index (χ4v) is 3.11. The molecule has 142 valence electrons. The third-order valence-corrected chi connectivity index (χ3v) is 4.99. The van der Waals surface area contributed by atoms with Gasteiger partial charge >= 0.3 is 0 Å². The molecule has 0 aliphatic heterocycles. The third-order valence-electron chi connectivity index (χ3n) is 4.99. The fraction of sp³-hybridized carbons (Fsp3) is 0.667. The average molecular weight is 359 g/mol. The van der Waals surface area contributed by atoms with Crippen LogP contribution in [0.3, 0.4) is 0 Å². The lowest BCUT2D eigenvalue weighted by molar-refractivity contribution is 0.407. The Kier molecular flexibility index (Phi) is 5.90. The van der Waals surface area contributed by atoms with Crippen LogP contribution in [0.5, 0.6) is 0 Å². The van der Waals surface area contributed by atoms with Crippen LogP contribution in [-0.4, -0.2) is 31.7 Å². The molecule has 0 atom stereocenters. The number of guanidine groups is 1. The summed E-state index contributed by atoms with van der Waals surface area (Å²) >= 11 is 0. The lowest BCUT2D eigenvalue weighted by Gasteiger charge is -2.24. The summed E-state index contributed by atoms with van der Waals surface area (Å²) in [6.07, 6.45) is 6.23. The van der Waals surface area contributed by atoms with Gasteiger partial charge in [-0.05, 0) is 33.6 Å². The summed E-state index contributed by atoms with van der Waals surface area (Å²) in [4.78, 5) is 9.13. The quantitative estimate of drug-likeness (QED) is 0.628. The predicted molar refractivity (Wildman–Crippen MR) is 99.7 cm³/mol. The van der Waals surface area contributed by atoms with E-state index in [-0.39, 0.29) is 0 Å². The van der Waals surface area contributed by atoms with Crippen molar-refractivity contribution in [2.45, 2.75) is 72.0 Å². The molecule has 0 bridgehead atoms. The summed E-state index contributed by atoms with van der Waals surface area (Å²) in [5.41, 5.74) is 0.926. The molecule has 26 heavy (non-hydrogen) atoms. The van der Waals surface area contributed by atoms with Gasteiger partial charge in [-0.25, -0.2) is 9.98 Å². The van der Waals surface area contributed by atoms with Crippen LogP contribution in [0.2, 0.25) is 0 Å². The van der Waals surface area contributed by atoms with Gasteiger partial charge in [0.05, 0.1) is 12.2 Å². The number of rotatable bonds is 5. The van der Waals surface area contributed by atoms with Crippen molar-refractivity contribution in [2.24, 2.45) is 12.0 Å². The van der Waals surface area contributed by atoms with Crippen molar-refractivity contribution in [2.75, 3.05) is 0 Å². The van der Waals surface area contributed by atoms with Crippen molar-refractivity contribution in [3.8, 4) is 0 Å². The molecular formula is C18H29N7O. The van der Waals surface area contributed by atoms with Gasteiger partial charge in [0.2, 0.25) is 5.89 Å². The van der Waals surface area contributed by atoms with Crippen LogP contribution in [0.4, 0.5) is 0 Å². The first-order chi connectivity index (χ1) is 12.5. The van der Waals surface area contributed by atoms with Crippen molar-refractivity contribution in [3.05, 3.63) is 29.0 Å². The molecule has 2 aromatic rings. The molecule has 0 saturated heterocycles. The lowest BCUT2D eigenvalue weighted by Crippen LogP contribution is -2.44. The van der Waals surface area contributed by atoms with Crippen LogP contribution in [0.25, 0.3) is 0 Å². The second kappa shape index (κ2) is 8.33. The van der Waals surface area contributed by atoms with Gasteiger partial charge in [-0.3, -0.25) is 0 Å². The van der Waals surface area contributed by atoms with Crippen LogP contribution in [0.1, 0.15) is 61.1 Å². The zero-order valence-corrected chi connectivity index (χ0v) is 16.2. The molecular weight excluding hydrogens is 330 g/mol. The number of hydrogen-bond acceptors (Lipinski definition) is 5. The number of hydrogen-bond donors (Lipinski definition) is 2. The summed E-state index contributed by atoms with van der Waals surface area (Å²) in [6.45, 7) is 6.80. The highest BCUT2D eigenvalue weighted by Gasteiger charge is 2.16. The molecule has 0 unspecified atom stereocenters. The van der Waals surface area contributed by atoms with E-state index in [1.54, 1.807) is 0 Å². The van der Waals surface area contributed by atoms with Gasteiger partial charge in [0.1, 0.15) is 18.1 Å². The highest BCUT2D eigenvalue weighted by molar-refractivity contribution is 5.80. The summed E-state index contributed by atoms with van der Waals surface area (Å²) in [5.74, 6) is 4.03. The first kappa shape index (κ1) is 18.4. The largest absolute Gasteiger partial charge is 0.444 e. The molecule has 2 N–H and O–H groups in total. The van der Waals surface area contributed by atoms with Crippen LogP contribution in [0, 0.1) is 20.8 Å². The van der Waals surface area contributed by atoms with Gasteiger partial charge in [-0.2, -0.15) is 0 Å². The Morgan fingerprint density at radius 3 is 2.58 bits per heavy atom. The minimum atomic E-state index is 0.462. The second-order valence-corrected chi connectivity index (χ2v) is 6.97. The third kappa shape index (κ3) is 4.62. The number of aromatic nitrogens is 4. The Hall–Kier alpha value is -2.38. The second-order valence-electron chi connectivity index (χ2n) is 6.97. The molecule has 0 radical (unpaired) electrons. The maximum Gasteiger partial charge on any atom is 0.214 e. The van der Waals surface area contributed by atoms with Crippen LogP contribution in [-0.2, 0) is 20.1 Å². The Morgan fingerprint density at radius 2 is 1.96 bits per heavy atom. The van der Waals surface area contributed by atoms with E-state index in [9.17, 15) is 0 Å². The van der Waals surface area contributed by atoms with Gasteiger partial charge in [0, 0.05) is 13.1 Å². The van der Waals surface area contributed by atoms with Gasteiger partial charge in [0.25, 0.3) is 0 Å². The van der Waals surface area contributed by atoms with E-state index in [1.165, 1.54) is 32.1 Å². The van der Waals surface area contributed by atoms with Crippen LogP contribution in [0.15, 0.2) is 9.41 Å². The normalized spacial score (nSPS) is 16.1. The van der Waals surface area contributed by atoms with E-state index in [1.807, 2.05) is 32.4 Å². The Labute approximate surface area is 154 Å². The molecule has 8 heteroatoms. The van der Waals surface area contributed by atoms with Crippen molar-refractivity contribution in [3.63, 3.8) is 0 Å². The Morgan fingerprint density at radius 1 is 1.19 bits per heavy atom. The fourth-order valence-electron chi connectivity index (χ4n) is 3.11. The topological polar surface area (TPSA) is 93.2 Å². The summed E-state index contributed by atoms with van der Waals surface area (Å²) < 4.78 is 7.62. The van der Waals surface area contributed by atoms with Gasteiger partial charge in [-0.15, -0.1) is 10.2 Å². The minimum Gasteiger partial charge on any atom is -0.444 e. The summed E-state index contributed by atoms with van der Waals surface area (Å²) in [5, 5.41) is 15.2. The van der Waals surface area contributed by atoms with Gasteiger partial charge in [-0.1, -0.05) is 19.3 Å². The highest BCUT2D eigenvalue weighted by atomic mass is 16.4. The number of aliphatic imine (C=N–C) groups is 1. The van der Waals surface area contributed by atoms with E-state index in [0.717, 1.165) is 29.1 Å². The Bertz CT molecular complexity index is 736. The van der Waals surface area contributed by atoms with Crippen molar-refractivity contribution < 1.29 is 4.42 Å². The van der Waals surface area contributed by atoms with Crippen molar-refractivity contribution in [1.29, 1.82) is 0 Å². The zero-order chi connectivity index (χ0) is 18.5. The number of nitrogens with one attached hydrogen (secondary N) is 2. The van der Waals surface area contributed by atoms with Crippen molar-refractivity contribution >= 4 is 5.96 Å². The molecule has 1 aliphatic carbocycles. The molecule has 0 spiro atoms.